The molecule has 1 aromatic heterocycles. The highest BCUT2D eigenvalue weighted by Crippen LogP contribution is 2.26. The summed E-state index contributed by atoms with van der Waals surface area (Å²) < 4.78 is 32.3. The van der Waals surface area contributed by atoms with Crippen LogP contribution in [0.25, 0.3) is 10.9 Å². The first-order valence-electron chi connectivity index (χ1n) is 8.69. The lowest BCUT2D eigenvalue weighted by Crippen LogP contribution is -2.49. The van der Waals surface area contributed by atoms with Crippen molar-refractivity contribution in [2.45, 2.75) is 37.5 Å². The summed E-state index contributed by atoms with van der Waals surface area (Å²) in [4.78, 5) is 25.6. The fraction of sp³-hybridized carbons (Fsp3) is 0.444. The Hall–Kier alpha value is -2.39. The van der Waals surface area contributed by atoms with Crippen molar-refractivity contribution >= 4 is 32.6 Å². The Morgan fingerprint density at radius 3 is 2.44 bits per heavy atom. The highest BCUT2D eigenvalue weighted by molar-refractivity contribution is 7.92. The van der Waals surface area contributed by atoms with Crippen LogP contribution >= 0.6 is 0 Å². The maximum absolute atomic E-state index is 12.8. The number of amides is 2. The zero-order valence-corrected chi connectivity index (χ0v) is 16.1. The monoisotopic (exact) mass is 393 g/mol. The summed E-state index contributed by atoms with van der Waals surface area (Å²) >= 11 is 0. The number of morpholine rings is 1. The Bertz CT molecular complexity index is 972. The number of carbonyl (C=O) groups is 2. The van der Waals surface area contributed by atoms with Crippen LogP contribution in [-0.2, 0) is 30.7 Å². The molecule has 1 aromatic carbocycles. The van der Waals surface area contributed by atoms with E-state index in [-0.39, 0.29) is 29.6 Å². The zero-order chi connectivity index (χ0) is 19.8. The Morgan fingerprint density at radius 2 is 1.81 bits per heavy atom. The number of aromatic nitrogens is 1. The van der Waals surface area contributed by atoms with Gasteiger partial charge >= 0.3 is 0 Å². The molecule has 0 aliphatic carbocycles. The third kappa shape index (κ3) is 4.14. The van der Waals surface area contributed by atoms with Crippen LogP contribution in [0.1, 0.15) is 13.8 Å². The summed E-state index contributed by atoms with van der Waals surface area (Å²) in [6, 6.07) is 6.88. The molecule has 2 heterocycles. The van der Waals surface area contributed by atoms with Gasteiger partial charge in [-0.3, -0.25) is 9.59 Å². The third-order valence-electron chi connectivity index (χ3n) is 4.50. The topological polar surface area (TPSA) is 112 Å². The number of nitrogens with two attached hydrogens (primary N) is 1. The molecule has 8 nitrogen and oxygen atoms in total. The van der Waals surface area contributed by atoms with E-state index >= 15 is 0 Å². The molecule has 3 rings (SSSR count). The normalized spacial score (nSPS) is 20.7. The van der Waals surface area contributed by atoms with Crippen LogP contribution in [0.3, 0.4) is 0 Å². The van der Waals surface area contributed by atoms with Gasteiger partial charge in [0.05, 0.1) is 17.1 Å². The lowest BCUT2D eigenvalue weighted by Gasteiger charge is -2.35. The SMILES string of the molecule is CC1CN(C(=O)Cn2cc(S(=O)(=O)CC(N)=O)c3ccccc32)CC(C)O1. The minimum absolute atomic E-state index is 0.00600. The van der Waals surface area contributed by atoms with Crippen LogP contribution in [0.4, 0.5) is 0 Å². The van der Waals surface area contributed by atoms with Gasteiger partial charge in [0.2, 0.25) is 11.8 Å². The molecule has 0 radical (unpaired) electrons. The fourth-order valence-corrected chi connectivity index (χ4v) is 4.81. The van der Waals surface area contributed by atoms with Gasteiger partial charge in [-0.15, -0.1) is 0 Å². The summed E-state index contributed by atoms with van der Waals surface area (Å²) in [6.07, 6.45) is 1.31. The maximum atomic E-state index is 12.8. The van der Waals surface area contributed by atoms with E-state index in [0.717, 1.165) is 0 Å². The molecular weight excluding hydrogens is 370 g/mol. The second kappa shape index (κ2) is 7.32. The Labute approximate surface area is 157 Å². The van der Waals surface area contributed by atoms with Crippen molar-refractivity contribution < 1.29 is 22.7 Å². The van der Waals surface area contributed by atoms with Gasteiger partial charge < -0.3 is 19.9 Å². The molecule has 0 bridgehead atoms. The molecule has 1 aliphatic heterocycles. The Kier molecular flexibility index (Phi) is 5.25. The number of benzene rings is 1. The van der Waals surface area contributed by atoms with Gasteiger partial charge in [-0.1, -0.05) is 18.2 Å². The largest absolute Gasteiger partial charge is 0.372 e. The van der Waals surface area contributed by atoms with E-state index in [4.69, 9.17) is 10.5 Å². The zero-order valence-electron chi connectivity index (χ0n) is 15.3. The van der Waals surface area contributed by atoms with Crippen LogP contribution in [0.5, 0.6) is 0 Å². The summed E-state index contributed by atoms with van der Waals surface area (Å²) in [7, 11) is -3.88. The van der Waals surface area contributed by atoms with Crippen molar-refractivity contribution in [2.24, 2.45) is 5.73 Å². The second-order valence-corrected chi connectivity index (χ2v) is 8.88. The lowest BCUT2D eigenvalue weighted by molar-refractivity contribution is -0.143. The molecule has 0 saturated carbocycles. The first-order valence-corrected chi connectivity index (χ1v) is 10.3. The predicted octanol–water partition coefficient (Wildman–Crippen LogP) is 0.536. The van der Waals surface area contributed by atoms with Crippen molar-refractivity contribution in [3.8, 4) is 0 Å². The van der Waals surface area contributed by atoms with E-state index in [1.807, 2.05) is 13.8 Å². The standard InChI is InChI=1S/C18H23N3O5S/c1-12-7-21(8-13(2)26-12)18(23)10-20-9-16(27(24,25)11-17(19)22)14-5-3-4-6-15(14)20/h3-6,9,12-13H,7-8,10-11H2,1-2H3,(H2,19,22). The quantitative estimate of drug-likeness (QED) is 0.797. The molecule has 2 unspecified atom stereocenters. The number of primary amides is 1. The van der Waals surface area contributed by atoms with Crippen LogP contribution < -0.4 is 5.73 Å². The van der Waals surface area contributed by atoms with Gasteiger partial charge in [-0.25, -0.2) is 8.42 Å². The van der Waals surface area contributed by atoms with Gasteiger partial charge in [0.15, 0.2) is 9.84 Å². The van der Waals surface area contributed by atoms with E-state index in [9.17, 15) is 18.0 Å². The minimum atomic E-state index is -3.88. The van der Waals surface area contributed by atoms with Gasteiger partial charge in [0, 0.05) is 30.2 Å². The number of sulfone groups is 1. The van der Waals surface area contributed by atoms with Crippen molar-refractivity contribution in [1.29, 1.82) is 0 Å². The van der Waals surface area contributed by atoms with Crippen molar-refractivity contribution in [1.82, 2.24) is 9.47 Å². The number of nitrogens with zero attached hydrogens (tertiary/aromatic N) is 2. The van der Waals surface area contributed by atoms with Crippen molar-refractivity contribution in [3.63, 3.8) is 0 Å². The third-order valence-corrected chi connectivity index (χ3v) is 6.16. The van der Waals surface area contributed by atoms with E-state index in [0.29, 0.717) is 24.0 Å². The Balaban J connectivity index is 1.94. The van der Waals surface area contributed by atoms with Crippen LogP contribution in [0.2, 0.25) is 0 Å². The second-order valence-electron chi connectivity index (χ2n) is 6.92. The molecule has 146 valence electrons. The van der Waals surface area contributed by atoms with Gasteiger partial charge in [-0.2, -0.15) is 0 Å². The van der Waals surface area contributed by atoms with Crippen molar-refractivity contribution in [2.75, 3.05) is 18.8 Å². The predicted molar refractivity (Wildman–Crippen MR) is 99.8 cm³/mol. The molecule has 0 spiro atoms. The number of fused-ring (bicyclic) bond motifs is 1. The van der Waals surface area contributed by atoms with E-state index in [1.165, 1.54) is 6.20 Å². The van der Waals surface area contributed by atoms with Crippen LogP contribution in [0, 0.1) is 0 Å². The smallest absolute Gasteiger partial charge is 0.242 e. The highest BCUT2D eigenvalue weighted by atomic mass is 32.2. The minimum Gasteiger partial charge on any atom is -0.372 e. The molecule has 2 amide bonds. The molecule has 27 heavy (non-hydrogen) atoms. The van der Waals surface area contributed by atoms with E-state index in [2.05, 4.69) is 0 Å². The average molecular weight is 393 g/mol. The molecular formula is C18H23N3O5S. The molecule has 2 aromatic rings. The summed E-state index contributed by atoms with van der Waals surface area (Å²) in [6.45, 7) is 4.82. The number of para-hydroxylation sites is 1. The van der Waals surface area contributed by atoms with Gasteiger partial charge in [0.1, 0.15) is 12.3 Å². The van der Waals surface area contributed by atoms with Crippen LogP contribution in [-0.4, -0.2) is 60.7 Å². The number of hydrogen-bond acceptors (Lipinski definition) is 5. The van der Waals surface area contributed by atoms with E-state index < -0.39 is 21.5 Å². The number of rotatable bonds is 5. The number of ether oxygens (including phenoxy) is 1. The average Bonchev–Trinajstić information content (AvgIpc) is 2.92. The fourth-order valence-electron chi connectivity index (χ4n) is 3.48. The summed E-state index contributed by atoms with van der Waals surface area (Å²) in [5, 5.41) is 0.468. The van der Waals surface area contributed by atoms with Gasteiger partial charge in [0.25, 0.3) is 0 Å². The van der Waals surface area contributed by atoms with Crippen molar-refractivity contribution in [3.05, 3.63) is 30.5 Å². The highest BCUT2D eigenvalue weighted by Gasteiger charge is 2.28. The van der Waals surface area contributed by atoms with Gasteiger partial charge in [-0.05, 0) is 19.9 Å². The molecule has 2 N–H and O–H groups in total. The molecule has 2 atom stereocenters. The summed E-state index contributed by atoms with van der Waals surface area (Å²) in [5.74, 6) is -1.80. The molecule has 9 heteroatoms. The lowest BCUT2D eigenvalue weighted by atomic mass is 10.2. The van der Waals surface area contributed by atoms with Crippen LogP contribution in [0.15, 0.2) is 35.4 Å². The maximum Gasteiger partial charge on any atom is 0.242 e. The number of hydrogen-bond donors (Lipinski definition) is 1. The Morgan fingerprint density at radius 1 is 1.19 bits per heavy atom. The first kappa shape index (κ1) is 19.4. The molecule has 1 saturated heterocycles. The van der Waals surface area contributed by atoms with E-state index in [1.54, 1.807) is 33.7 Å². The first-order chi connectivity index (χ1) is 12.7. The summed E-state index contributed by atoms with van der Waals surface area (Å²) in [5.41, 5.74) is 5.69. The molecule has 1 aliphatic rings. The number of carbonyl (C=O) groups excluding carboxylic acids is 2. The molecule has 1 fully saturated rings.